The van der Waals surface area contributed by atoms with Crippen molar-refractivity contribution >= 4 is 11.6 Å². The zero-order valence-corrected chi connectivity index (χ0v) is 9.33. The Balaban J connectivity index is 2.22. The van der Waals surface area contributed by atoms with Crippen LogP contribution in [0.4, 0.5) is 0 Å². The van der Waals surface area contributed by atoms with Crippen molar-refractivity contribution in [2.75, 3.05) is 0 Å². The molecule has 0 aliphatic heterocycles. The third-order valence-corrected chi connectivity index (χ3v) is 3.44. The average molecular weight is 231 g/mol. The van der Waals surface area contributed by atoms with Gasteiger partial charge in [-0.25, -0.2) is 14.3 Å². The topological polar surface area (TPSA) is 67.5 Å². The van der Waals surface area contributed by atoms with Crippen LogP contribution in [-0.4, -0.2) is 25.7 Å². The maximum atomic E-state index is 11.4. The van der Waals surface area contributed by atoms with E-state index in [1.807, 2.05) is 0 Å². The van der Waals surface area contributed by atoms with Crippen molar-refractivity contribution in [1.82, 2.24) is 14.6 Å². The van der Waals surface area contributed by atoms with Crippen LogP contribution in [0.3, 0.4) is 0 Å². The van der Waals surface area contributed by atoms with Gasteiger partial charge < -0.3 is 5.11 Å². The number of carboxylic acids is 1. The van der Waals surface area contributed by atoms with Crippen LogP contribution in [0.25, 0.3) is 5.65 Å². The van der Waals surface area contributed by atoms with Gasteiger partial charge in [0, 0.05) is 17.8 Å². The number of carboxylic acid groups (broad SMARTS) is 1. The normalized spacial score (nSPS) is 16.7. The second-order valence-corrected chi connectivity index (χ2v) is 4.45. The molecule has 0 atom stereocenters. The lowest BCUT2D eigenvalue weighted by atomic mass is 9.97. The Labute approximate surface area is 98.1 Å². The van der Waals surface area contributed by atoms with Crippen molar-refractivity contribution < 1.29 is 9.90 Å². The monoisotopic (exact) mass is 231 g/mol. The third kappa shape index (κ3) is 1.58. The molecule has 0 amide bonds. The molecule has 88 valence electrons. The van der Waals surface area contributed by atoms with E-state index in [-0.39, 0.29) is 5.69 Å². The predicted octanol–water partition coefficient (Wildman–Crippen LogP) is 2.09. The standard InChI is InChI=1S/C12H13N3O2/c16-12(17)11-9(8-3-1-2-4-8)7-13-10-5-6-14-15(10)11/h5-8H,1-4H2,(H,16,17). The van der Waals surface area contributed by atoms with Crippen LogP contribution >= 0.6 is 0 Å². The smallest absolute Gasteiger partial charge is 0.354 e. The van der Waals surface area contributed by atoms with Gasteiger partial charge in [-0.1, -0.05) is 12.8 Å². The number of hydrogen-bond acceptors (Lipinski definition) is 3. The summed E-state index contributed by atoms with van der Waals surface area (Å²) in [6.45, 7) is 0. The fourth-order valence-electron chi connectivity index (χ4n) is 2.64. The lowest BCUT2D eigenvalue weighted by Gasteiger charge is -2.13. The molecule has 2 aromatic heterocycles. The molecule has 1 aliphatic rings. The van der Waals surface area contributed by atoms with Crippen molar-refractivity contribution in [3.8, 4) is 0 Å². The molecule has 0 spiro atoms. The quantitative estimate of drug-likeness (QED) is 0.859. The van der Waals surface area contributed by atoms with Gasteiger partial charge in [-0.2, -0.15) is 5.10 Å². The minimum atomic E-state index is -0.928. The summed E-state index contributed by atoms with van der Waals surface area (Å²) in [5.41, 5.74) is 1.68. The van der Waals surface area contributed by atoms with Gasteiger partial charge in [-0.05, 0) is 18.8 Å². The number of carbonyl (C=O) groups is 1. The second-order valence-electron chi connectivity index (χ2n) is 4.45. The van der Waals surface area contributed by atoms with E-state index in [0.717, 1.165) is 18.4 Å². The Morgan fingerprint density at radius 1 is 1.41 bits per heavy atom. The highest BCUT2D eigenvalue weighted by Gasteiger charge is 2.25. The van der Waals surface area contributed by atoms with E-state index >= 15 is 0 Å². The summed E-state index contributed by atoms with van der Waals surface area (Å²) in [6, 6.07) is 1.71. The maximum Gasteiger partial charge on any atom is 0.354 e. The highest BCUT2D eigenvalue weighted by Crippen LogP contribution is 2.35. The summed E-state index contributed by atoms with van der Waals surface area (Å²) in [4.78, 5) is 15.7. The Hall–Kier alpha value is -1.91. The van der Waals surface area contributed by atoms with Crippen molar-refractivity contribution in [2.45, 2.75) is 31.6 Å². The Morgan fingerprint density at radius 2 is 2.18 bits per heavy atom. The fourth-order valence-corrected chi connectivity index (χ4v) is 2.64. The highest BCUT2D eigenvalue weighted by atomic mass is 16.4. The van der Waals surface area contributed by atoms with E-state index in [2.05, 4.69) is 10.1 Å². The van der Waals surface area contributed by atoms with Crippen LogP contribution in [-0.2, 0) is 0 Å². The molecule has 0 bridgehead atoms. The molecule has 0 saturated heterocycles. The van der Waals surface area contributed by atoms with Crippen LogP contribution in [0, 0.1) is 0 Å². The molecule has 0 unspecified atom stereocenters. The van der Waals surface area contributed by atoms with E-state index in [0.29, 0.717) is 11.6 Å². The van der Waals surface area contributed by atoms with E-state index < -0.39 is 5.97 Å². The van der Waals surface area contributed by atoms with Gasteiger partial charge in [-0.15, -0.1) is 0 Å². The molecule has 5 heteroatoms. The molecular weight excluding hydrogens is 218 g/mol. The Bertz CT molecular complexity index is 570. The highest BCUT2D eigenvalue weighted by molar-refractivity contribution is 5.88. The van der Waals surface area contributed by atoms with Crippen LogP contribution in [0.5, 0.6) is 0 Å². The molecule has 1 fully saturated rings. The minimum Gasteiger partial charge on any atom is -0.476 e. The maximum absolute atomic E-state index is 11.4. The molecule has 3 rings (SSSR count). The van der Waals surface area contributed by atoms with Gasteiger partial charge >= 0.3 is 5.97 Å². The molecular formula is C12H13N3O2. The first kappa shape index (κ1) is 10.3. The largest absolute Gasteiger partial charge is 0.476 e. The summed E-state index contributed by atoms with van der Waals surface area (Å²) >= 11 is 0. The SMILES string of the molecule is O=C(O)c1c(C2CCCC2)cnc2ccnn12. The van der Waals surface area contributed by atoms with Crippen LogP contribution in [0.1, 0.15) is 47.7 Å². The van der Waals surface area contributed by atoms with Gasteiger partial charge in [0.1, 0.15) is 0 Å². The minimum absolute atomic E-state index is 0.270. The number of nitrogens with zero attached hydrogens (tertiary/aromatic N) is 3. The third-order valence-electron chi connectivity index (χ3n) is 3.44. The summed E-state index contributed by atoms with van der Waals surface area (Å²) in [5.74, 6) is -0.606. The molecule has 0 aromatic carbocycles. The molecule has 0 radical (unpaired) electrons. The first-order valence-electron chi connectivity index (χ1n) is 5.83. The lowest BCUT2D eigenvalue weighted by molar-refractivity contribution is 0.0685. The van der Waals surface area contributed by atoms with Crippen molar-refractivity contribution in [3.63, 3.8) is 0 Å². The average Bonchev–Trinajstić information content (AvgIpc) is 2.98. The van der Waals surface area contributed by atoms with Crippen molar-refractivity contribution in [3.05, 3.63) is 29.7 Å². The number of aromatic nitrogens is 3. The number of aromatic carboxylic acids is 1. The summed E-state index contributed by atoms with van der Waals surface area (Å²) in [6.07, 6.45) is 7.72. The summed E-state index contributed by atoms with van der Waals surface area (Å²) in [5, 5.41) is 13.4. The Kier molecular flexibility index (Phi) is 2.31. The van der Waals surface area contributed by atoms with Gasteiger partial charge in [0.25, 0.3) is 0 Å². The van der Waals surface area contributed by atoms with E-state index in [9.17, 15) is 9.90 Å². The van der Waals surface area contributed by atoms with Gasteiger partial charge in [0.2, 0.25) is 0 Å². The van der Waals surface area contributed by atoms with Crippen molar-refractivity contribution in [1.29, 1.82) is 0 Å². The van der Waals surface area contributed by atoms with Crippen LogP contribution in [0.15, 0.2) is 18.5 Å². The molecule has 1 saturated carbocycles. The van der Waals surface area contributed by atoms with Crippen LogP contribution < -0.4 is 0 Å². The molecule has 2 heterocycles. The zero-order valence-electron chi connectivity index (χ0n) is 9.33. The molecule has 5 nitrogen and oxygen atoms in total. The summed E-state index contributed by atoms with van der Waals surface area (Å²) in [7, 11) is 0. The molecule has 1 N–H and O–H groups in total. The second kappa shape index (κ2) is 3.84. The first-order chi connectivity index (χ1) is 8.27. The number of rotatable bonds is 2. The van der Waals surface area contributed by atoms with Gasteiger partial charge in [0.05, 0.1) is 6.20 Å². The van der Waals surface area contributed by atoms with Crippen molar-refractivity contribution in [2.24, 2.45) is 0 Å². The first-order valence-corrected chi connectivity index (χ1v) is 5.83. The van der Waals surface area contributed by atoms with Crippen LogP contribution in [0.2, 0.25) is 0 Å². The van der Waals surface area contributed by atoms with Gasteiger partial charge in [-0.3, -0.25) is 0 Å². The lowest BCUT2D eigenvalue weighted by Crippen LogP contribution is -2.13. The molecule has 1 aliphatic carbocycles. The molecule has 2 aromatic rings. The van der Waals surface area contributed by atoms with E-state index in [4.69, 9.17) is 0 Å². The number of fused-ring (bicyclic) bond motifs is 1. The number of hydrogen-bond donors (Lipinski definition) is 1. The zero-order chi connectivity index (χ0) is 11.8. The van der Waals surface area contributed by atoms with E-state index in [1.54, 1.807) is 18.5 Å². The summed E-state index contributed by atoms with van der Waals surface area (Å²) < 4.78 is 1.43. The van der Waals surface area contributed by atoms with E-state index in [1.165, 1.54) is 17.4 Å². The predicted molar refractivity (Wildman–Crippen MR) is 61.2 cm³/mol. The molecule has 17 heavy (non-hydrogen) atoms. The van der Waals surface area contributed by atoms with Gasteiger partial charge in [0.15, 0.2) is 11.3 Å². The fraction of sp³-hybridized carbons (Fsp3) is 0.417. The Morgan fingerprint density at radius 3 is 2.88 bits per heavy atom.